The van der Waals surface area contributed by atoms with Crippen LogP contribution in [0.5, 0.6) is 0 Å². The third kappa shape index (κ3) is 5.81. The van der Waals surface area contributed by atoms with Crippen molar-refractivity contribution in [3.63, 3.8) is 0 Å². The Balaban J connectivity index is 1.67. The minimum atomic E-state index is -0.286. The van der Waals surface area contributed by atoms with E-state index in [4.69, 9.17) is 9.72 Å². The van der Waals surface area contributed by atoms with Gasteiger partial charge in [0.1, 0.15) is 5.82 Å². The van der Waals surface area contributed by atoms with Crippen molar-refractivity contribution in [2.24, 2.45) is 5.92 Å². The highest BCUT2D eigenvalue weighted by molar-refractivity contribution is 7.98. The molecule has 3 aromatic rings. The van der Waals surface area contributed by atoms with E-state index in [0.29, 0.717) is 53.0 Å². The number of nitrogens with zero attached hydrogens (tertiary/aromatic N) is 2. The Kier molecular flexibility index (Phi) is 7.45. The first-order valence-electron chi connectivity index (χ1n) is 11.2. The van der Waals surface area contributed by atoms with Gasteiger partial charge >= 0.3 is 0 Å². The van der Waals surface area contributed by atoms with Crippen molar-refractivity contribution in [2.75, 3.05) is 13.2 Å². The lowest BCUT2D eigenvalue weighted by Crippen LogP contribution is -2.29. The maximum atomic E-state index is 13.4. The summed E-state index contributed by atoms with van der Waals surface area (Å²) in [5.41, 5.74) is 1.75. The number of amides is 1. The van der Waals surface area contributed by atoms with Crippen molar-refractivity contribution in [3.8, 4) is 0 Å². The Bertz CT molecular complexity index is 1190. The molecular formula is C25H28FN3O3S. The molecule has 2 heterocycles. The number of hydrogen-bond acceptors (Lipinski definition) is 5. The molecule has 8 heteroatoms. The van der Waals surface area contributed by atoms with Crippen LogP contribution in [0, 0.1) is 11.7 Å². The molecule has 1 aromatic heterocycles. The van der Waals surface area contributed by atoms with Gasteiger partial charge in [0, 0.05) is 24.5 Å². The van der Waals surface area contributed by atoms with Gasteiger partial charge in [-0.1, -0.05) is 37.7 Å². The lowest BCUT2D eigenvalue weighted by molar-refractivity contribution is 0.0937. The Morgan fingerprint density at radius 3 is 2.76 bits per heavy atom. The monoisotopic (exact) mass is 469 g/mol. The molecule has 1 amide bonds. The second-order valence-electron chi connectivity index (χ2n) is 8.70. The molecule has 1 atom stereocenters. The number of rotatable bonds is 8. The van der Waals surface area contributed by atoms with Gasteiger partial charge < -0.3 is 10.1 Å². The largest absolute Gasteiger partial charge is 0.376 e. The van der Waals surface area contributed by atoms with Crippen molar-refractivity contribution in [1.29, 1.82) is 0 Å². The van der Waals surface area contributed by atoms with E-state index in [2.05, 4.69) is 5.32 Å². The lowest BCUT2D eigenvalue weighted by atomic mass is 10.1. The highest BCUT2D eigenvalue weighted by atomic mass is 32.2. The van der Waals surface area contributed by atoms with Gasteiger partial charge in [-0.05, 0) is 54.7 Å². The molecule has 0 aliphatic carbocycles. The molecule has 0 saturated carbocycles. The number of hydrogen-bond donors (Lipinski definition) is 1. The molecule has 1 N–H and O–H groups in total. The number of ether oxygens (including phenoxy) is 1. The van der Waals surface area contributed by atoms with Crippen molar-refractivity contribution in [3.05, 3.63) is 69.8 Å². The summed E-state index contributed by atoms with van der Waals surface area (Å²) in [7, 11) is 0. The number of carbonyl (C=O) groups is 1. The molecular weight excluding hydrogens is 441 g/mol. The van der Waals surface area contributed by atoms with Crippen molar-refractivity contribution < 1.29 is 13.9 Å². The summed E-state index contributed by atoms with van der Waals surface area (Å²) in [6.07, 6.45) is 1.86. The van der Waals surface area contributed by atoms with Gasteiger partial charge in [-0.3, -0.25) is 14.2 Å². The molecule has 0 spiro atoms. The van der Waals surface area contributed by atoms with Crippen LogP contribution in [0.2, 0.25) is 0 Å². The number of aromatic nitrogens is 2. The van der Waals surface area contributed by atoms with E-state index in [9.17, 15) is 14.0 Å². The highest BCUT2D eigenvalue weighted by Crippen LogP contribution is 2.24. The molecule has 1 aliphatic rings. The van der Waals surface area contributed by atoms with Crippen molar-refractivity contribution in [1.82, 2.24) is 14.9 Å². The summed E-state index contributed by atoms with van der Waals surface area (Å²) in [4.78, 5) is 30.7. The van der Waals surface area contributed by atoms with Gasteiger partial charge in [-0.2, -0.15) is 0 Å². The molecule has 1 fully saturated rings. The predicted octanol–water partition coefficient (Wildman–Crippen LogP) is 4.39. The molecule has 0 radical (unpaired) electrons. The van der Waals surface area contributed by atoms with Crippen molar-refractivity contribution in [2.45, 2.75) is 50.2 Å². The summed E-state index contributed by atoms with van der Waals surface area (Å²) in [5, 5.41) is 3.93. The third-order valence-electron chi connectivity index (χ3n) is 5.54. The zero-order valence-corrected chi connectivity index (χ0v) is 19.7. The Labute approximate surface area is 196 Å². The van der Waals surface area contributed by atoms with Crippen LogP contribution in [0.1, 0.15) is 42.6 Å². The van der Waals surface area contributed by atoms with Crippen LogP contribution in [0.4, 0.5) is 4.39 Å². The highest BCUT2D eigenvalue weighted by Gasteiger charge is 2.21. The molecule has 1 aliphatic heterocycles. The zero-order valence-electron chi connectivity index (χ0n) is 18.8. The van der Waals surface area contributed by atoms with Gasteiger partial charge in [0.2, 0.25) is 0 Å². The average molecular weight is 470 g/mol. The summed E-state index contributed by atoms with van der Waals surface area (Å²) < 4.78 is 20.7. The van der Waals surface area contributed by atoms with E-state index in [0.717, 1.165) is 18.4 Å². The molecule has 6 nitrogen and oxygen atoms in total. The van der Waals surface area contributed by atoms with Gasteiger partial charge in [0.15, 0.2) is 5.16 Å². The maximum Gasteiger partial charge on any atom is 0.262 e. The molecule has 0 bridgehead atoms. The second-order valence-corrected chi connectivity index (χ2v) is 9.64. The van der Waals surface area contributed by atoms with Crippen LogP contribution in [-0.2, 0) is 17.0 Å². The Morgan fingerprint density at radius 1 is 1.27 bits per heavy atom. The van der Waals surface area contributed by atoms with Crippen LogP contribution < -0.4 is 10.9 Å². The van der Waals surface area contributed by atoms with Crippen LogP contribution in [0.3, 0.4) is 0 Å². The normalized spacial score (nSPS) is 15.9. The molecule has 1 saturated heterocycles. The number of benzene rings is 2. The Hall–Kier alpha value is -2.71. The summed E-state index contributed by atoms with van der Waals surface area (Å²) in [6, 6.07) is 11.3. The fraction of sp³-hybridized carbons (Fsp3) is 0.400. The van der Waals surface area contributed by atoms with Gasteiger partial charge in [0.25, 0.3) is 11.5 Å². The predicted molar refractivity (Wildman–Crippen MR) is 128 cm³/mol. The number of halogens is 1. The van der Waals surface area contributed by atoms with E-state index in [-0.39, 0.29) is 23.4 Å². The van der Waals surface area contributed by atoms with Gasteiger partial charge in [-0.15, -0.1) is 0 Å². The summed E-state index contributed by atoms with van der Waals surface area (Å²) in [6.45, 7) is 5.77. The first-order valence-corrected chi connectivity index (χ1v) is 12.2. The van der Waals surface area contributed by atoms with E-state index in [1.54, 1.807) is 34.9 Å². The fourth-order valence-corrected chi connectivity index (χ4v) is 4.70. The smallest absolute Gasteiger partial charge is 0.262 e. The van der Waals surface area contributed by atoms with Crippen LogP contribution in [0.15, 0.2) is 52.4 Å². The molecule has 174 valence electrons. The van der Waals surface area contributed by atoms with E-state index in [1.807, 2.05) is 13.8 Å². The maximum absolute atomic E-state index is 13.4. The molecule has 2 aromatic carbocycles. The molecule has 4 rings (SSSR count). The lowest BCUT2D eigenvalue weighted by Gasteiger charge is -2.17. The SMILES string of the molecule is CC(C)CNC(=O)c1ccc2c(=O)n(CC3CCCO3)c(SCc3ccc(F)cc3)nc2c1. The van der Waals surface area contributed by atoms with Crippen molar-refractivity contribution >= 4 is 28.6 Å². The van der Waals surface area contributed by atoms with E-state index in [1.165, 1.54) is 23.9 Å². The summed E-state index contributed by atoms with van der Waals surface area (Å²) in [5.74, 6) is 0.410. The van der Waals surface area contributed by atoms with Crippen LogP contribution in [0.25, 0.3) is 10.9 Å². The number of carbonyl (C=O) groups excluding carboxylic acids is 1. The average Bonchev–Trinajstić information content (AvgIpc) is 3.32. The molecule has 1 unspecified atom stereocenters. The zero-order chi connectivity index (χ0) is 23.4. The standard InChI is InChI=1S/C25H28FN3O3S/c1-16(2)13-27-23(30)18-7-10-21-22(12-18)28-25(33-15-17-5-8-19(26)9-6-17)29(24(21)31)14-20-4-3-11-32-20/h5-10,12,16,20H,3-4,11,13-15H2,1-2H3,(H,27,30). The van der Waals surface area contributed by atoms with E-state index >= 15 is 0 Å². The summed E-state index contributed by atoms with van der Waals surface area (Å²) >= 11 is 1.42. The van der Waals surface area contributed by atoms with Crippen LogP contribution >= 0.6 is 11.8 Å². The first-order chi connectivity index (χ1) is 15.9. The van der Waals surface area contributed by atoms with Gasteiger partial charge in [-0.25, -0.2) is 9.37 Å². The minimum Gasteiger partial charge on any atom is -0.376 e. The number of thioether (sulfide) groups is 1. The first kappa shape index (κ1) is 23.4. The second kappa shape index (κ2) is 10.5. The quantitative estimate of drug-likeness (QED) is 0.391. The van der Waals surface area contributed by atoms with Crippen LogP contribution in [-0.4, -0.2) is 34.7 Å². The Morgan fingerprint density at radius 2 is 2.06 bits per heavy atom. The molecule has 33 heavy (non-hydrogen) atoms. The van der Waals surface area contributed by atoms with Gasteiger partial charge in [0.05, 0.1) is 23.6 Å². The fourth-order valence-electron chi connectivity index (χ4n) is 3.73. The number of fused-ring (bicyclic) bond motifs is 1. The van der Waals surface area contributed by atoms with E-state index < -0.39 is 0 Å². The topological polar surface area (TPSA) is 73.2 Å². The third-order valence-corrected chi connectivity index (χ3v) is 6.59. The minimum absolute atomic E-state index is 0.0202. The number of nitrogens with one attached hydrogen (secondary N) is 1.